The molecule has 0 saturated heterocycles. The van der Waals surface area contributed by atoms with Gasteiger partial charge < -0.3 is 30.9 Å². The van der Waals surface area contributed by atoms with Crippen LogP contribution in [0.15, 0.2) is 65.9 Å². The number of carbonyl (C=O) groups is 2. The van der Waals surface area contributed by atoms with E-state index in [-0.39, 0.29) is 36.3 Å². The molecule has 3 atom stereocenters. The van der Waals surface area contributed by atoms with Gasteiger partial charge in [-0.15, -0.1) is 0 Å². The van der Waals surface area contributed by atoms with Crippen LogP contribution in [0.2, 0.25) is 0 Å². The van der Waals surface area contributed by atoms with Crippen molar-refractivity contribution in [3.05, 3.63) is 88.7 Å². The van der Waals surface area contributed by atoms with Crippen molar-refractivity contribution in [1.82, 2.24) is 10.2 Å². The van der Waals surface area contributed by atoms with E-state index in [4.69, 9.17) is 10.5 Å². The molecule has 3 rings (SSSR count). The van der Waals surface area contributed by atoms with Gasteiger partial charge in [0.1, 0.15) is 23.1 Å². The van der Waals surface area contributed by atoms with E-state index < -0.39 is 40.9 Å². The lowest BCUT2D eigenvalue weighted by atomic mass is 9.64. The smallest absolute Gasteiger partial charge is 0.253 e. The number of nitrogens with zero attached hydrogens (tertiary/aromatic N) is 1. The van der Waals surface area contributed by atoms with E-state index in [2.05, 4.69) is 5.32 Å². The molecule has 0 radical (unpaired) electrons. The SMILES string of the molecule is CCCN(C)C(=O)C1=C(O)C=CC(C(N)=O)([C@H](Cc2cc(F)cc(F)c2)[C@@H](O)CNCc2cccc(OC)c2)C1. The van der Waals surface area contributed by atoms with Crippen molar-refractivity contribution in [1.29, 1.82) is 0 Å². The van der Waals surface area contributed by atoms with Crippen LogP contribution in [-0.2, 0) is 22.6 Å². The second-order valence-electron chi connectivity index (χ2n) is 10.1. The third-order valence-corrected chi connectivity index (χ3v) is 7.26. The minimum Gasteiger partial charge on any atom is -0.507 e. The van der Waals surface area contributed by atoms with Gasteiger partial charge in [0.15, 0.2) is 0 Å². The summed E-state index contributed by atoms with van der Waals surface area (Å²) in [7, 11) is 3.14. The Morgan fingerprint density at radius 3 is 2.50 bits per heavy atom. The van der Waals surface area contributed by atoms with Gasteiger partial charge in [-0.1, -0.05) is 25.1 Å². The fourth-order valence-corrected chi connectivity index (χ4v) is 5.16. The third kappa shape index (κ3) is 7.25. The molecule has 10 heteroatoms. The van der Waals surface area contributed by atoms with Crippen LogP contribution in [0.3, 0.4) is 0 Å². The number of allylic oxidation sites excluding steroid dienone is 1. The summed E-state index contributed by atoms with van der Waals surface area (Å²) in [6.45, 7) is 2.68. The maximum absolute atomic E-state index is 14.1. The van der Waals surface area contributed by atoms with E-state index in [1.54, 1.807) is 20.2 Å². The molecule has 1 aliphatic carbocycles. The van der Waals surface area contributed by atoms with Crippen LogP contribution in [0.4, 0.5) is 8.78 Å². The normalized spacial score (nSPS) is 18.4. The minimum absolute atomic E-state index is 0.00272. The molecule has 8 nitrogen and oxygen atoms in total. The van der Waals surface area contributed by atoms with Gasteiger partial charge in [-0.05, 0) is 60.7 Å². The number of rotatable bonds is 13. The van der Waals surface area contributed by atoms with Crippen LogP contribution >= 0.6 is 0 Å². The van der Waals surface area contributed by atoms with Gasteiger partial charge in [-0.25, -0.2) is 8.78 Å². The Morgan fingerprint density at radius 1 is 1.18 bits per heavy atom. The molecule has 0 aromatic heterocycles. The van der Waals surface area contributed by atoms with Crippen molar-refractivity contribution < 1.29 is 33.3 Å². The fraction of sp³-hybridized carbons (Fsp3) is 0.400. The summed E-state index contributed by atoms with van der Waals surface area (Å²) in [6, 6.07) is 10.3. The lowest BCUT2D eigenvalue weighted by Crippen LogP contribution is -2.51. The van der Waals surface area contributed by atoms with Gasteiger partial charge in [0.05, 0.1) is 24.2 Å². The lowest BCUT2D eigenvalue weighted by molar-refractivity contribution is -0.131. The fourth-order valence-electron chi connectivity index (χ4n) is 5.16. The van der Waals surface area contributed by atoms with Gasteiger partial charge in [0, 0.05) is 38.7 Å². The van der Waals surface area contributed by atoms with Gasteiger partial charge >= 0.3 is 0 Å². The number of nitrogens with two attached hydrogens (primary N) is 1. The quantitative estimate of drug-likeness (QED) is 0.299. The van der Waals surface area contributed by atoms with Crippen LogP contribution in [0.5, 0.6) is 5.75 Å². The molecule has 216 valence electrons. The number of aliphatic hydroxyl groups is 2. The topological polar surface area (TPSA) is 125 Å². The monoisotopic (exact) mass is 557 g/mol. The predicted molar refractivity (Wildman–Crippen MR) is 147 cm³/mol. The van der Waals surface area contributed by atoms with Gasteiger partial charge in [0.25, 0.3) is 5.91 Å². The first-order valence-corrected chi connectivity index (χ1v) is 13.1. The van der Waals surface area contributed by atoms with Crippen molar-refractivity contribution in [3.63, 3.8) is 0 Å². The van der Waals surface area contributed by atoms with Gasteiger partial charge in [0.2, 0.25) is 5.91 Å². The van der Waals surface area contributed by atoms with Crippen LogP contribution in [0.1, 0.15) is 30.9 Å². The number of carbonyl (C=O) groups excluding carboxylic acids is 2. The van der Waals surface area contributed by atoms with Crippen LogP contribution in [0.25, 0.3) is 0 Å². The van der Waals surface area contributed by atoms with E-state index in [9.17, 15) is 28.6 Å². The Labute approximate surface area is 233 Å². The summed E-state index contributed by atoms with van der Waals surface area (Å²) in [5.74, 6) is -3.56. The van der Waals surface area contributed by atoms with Crippen molar-refractivity contribution in [3.8, 4) is 5.75 Å². The van der Waals surface area contributed by atoms with E-state index in [1.807, 2.05) is 25.1 Å². The summed E-state index contributed by atoms with van der Waals surface area (Å²) < 4.78 is 33.4. The molecule has 0 spiro atoms. The van der Waals surface area contributed by atoms with E-state index in [1.165, 1.54) is 17.1 Å². The van der Waals surface area contributed by atoms with Crippen LogP contribution in [0, 0.1) is 23.0 Å². The van der Waals surface area contributed by atoms with Crippen molar-refractivity contribution >= 4 is 11.8 Å². The molecule has 2 aromatic rings. The first-order valence-electron chi connectivity index (χ1n) is 13.1. The van der Waals surface area contributed by atoms with Crippen LogP contribution in [-0.4, -0.2) is 60.3 Å². The number of primary amides is 1. The standard InChI is InChI=1S/C30H37F2N3O5/c1-4-10-35(2)28(38)24-16-30(29(33)39,9-8-26(24)36)25(14-20-11-21(31)15-22(32)12-20)27(37)18-34-17-19-6-5-7-23(13-19)40-3/h5-9,11-13,15,25,27,34,36-37H,4,10,14,16-18H2,1-3H3,(H2,33,39)/t25-,27+,30?/m1/s1. The Hall–Kier alpha value is -3.76. The van der Waals surface area contributed by atoms with Crippen molar-refractivity contribution in [2.45, 2.75) is 38.8 Å². The molecule has 0 bridgehead atoms. The summed E-state index contributed by atoms with van der Waals surface area (Å²) in [5.41, 5.74) is 5.37. The first-order chi connectivity index (χ1) is 19.0. The van der Waals surface area contributed by atoms with E-state index in [0.717, 1.165) is 23.8 Å². The Balaban J connectivity index is 1.95. The zero-order valence-corrected chi connectivity index (χ0v) is 23.0. The first kappa shape index (κ1) is 30.8. The highest BCUT2D eigenvalue weighted by molar-refractivity contribution is 5.97. The largest absolute Gasteiger partial charge is 0.507 e. The molecule has 0 fully saturated rings. The molecule has 1 aliphatic rings. The number of amides is 2. The average Bonchev–Trinajstić information content (AvgIpc) is 2.91. The molecule has 0 aliphatic heterocycles. The molecule has 1 unspecified atom stereocenters. The molecule has 5 N–H and O–H groups in total. The number of nitrogens with one attached hydrogen (secondary N) is 1. The Morgan fingerprint density at radius 2 is 1.88 bits per heavy atom. The highest BCUT2D eigenvalue weighted by Gasteiger charge is 2.49. The number of ether oxygens (including phenoxy) is 1. The summed E-state index contributed by atoms with van der Waals surface area (Å²) in [6.07, 6.45) is 1.64. The number of halogens is 2. The van der Waals surface area contributed by atoms with Crippen LogP contribution < -0.4 is 15.8 Å². The van der Waals surface area contributed by atoms with Gasteiger partial charge in [-0.3, -0.25) is 9.59 Å². The minimum atomic E-state index is -1.63. The number of aliphatic hydroxyl groups excluding tert-OH is 2. The number of hydrogen-bond donors (Lipinski definition) is 4. The molecule has 0 saturated carbocycles. The molecular weight excluding hydrogens is 520 g/mol. The average molecular weight is 558 g/mol. The molecule has 2 aromatic carbocycles. The molecular formula is C30H37F2N3O5. The second kappa shape index (κ2) is 13.5. The molecule has 0 heterocycles. The van der Waals surface area contributed by atoms with E-state index >= 15 is 0 Å². The Kier molecular flexibility index (Phi) is 10.4. The van der Waals surface area contributed by atoms with Gasteiger partial charge in [-0.2, -0.15) is 0 Å². The van der Waals surface area contributed by atoms with Crippen molar-refractivity contribution in [2.75, 3.05) is 27.2 Å². The highest BCUT2D eigenvalue weighted by atomic mass is 19.1. The lowest BCUT2D eigenvalue weighted by Gasteiger charge is -2.41. The molecule has 2 amide bonds. The zero-order chi connectivity index (χ0) is 29.4. The number of likely N-dealkylation sites (N-methyl/N-ethyl adjacent to an activating group) is 1. The van der Waals surface area contributed by atoms with Crippen molar-refractivity contribution in [2.24, 2.45) is 17.1 Å². The third-order valence-electron chi connectivity index (χ3n) is 7.26. The summed E-state index contributed by atoms with van der Waals surface area (Å²) >= 11 is 0. The zero-order valence-electron chi connectivity index (χ0n) is 23.0. The van der Waals surface area contributed by atoms with E-state index in [0.29, 0.717) is 25.3 Å². The maximum Gasteiger partial charge on any atom is 0.253 e. The maximum atomic E-state index is 14.1. The number of benzene rings is 2. The highest BCUT2D eigenvalue weighted by Crippen LogP contribution is 2.44. The Bertz CT molecular complexity index is 1260. The second-order valence-corrected chi connectivity index (χ2v) is 10.1. The molecule has 40 heavy (non-hydrogen) atoms. The number of hydrogen-bond acceptors (Lipinski definition) is 6. The summed E-state index contributed by atoms with van der Waals surface area (Å²) in [5, 5.41) is 25.2. The predicted octanol–water partition coefficient (Wildman–Crippen LogP) is 3.39. The summed E-state index contributed by atoms with van der Waals surface area (Å²) in [4.78, 5) is 27.7. The number of methoxy groups -OCH3 is 1.